The predicted octanol–water partition coefficient (Wildman–Crippen LogP) is 5.14. The van der Waals surface area contributed by atoms with Gasteiger partial charge in [0.15, 0.2) is 0 Å². The lowest BCUT2D eigenvalue weighted by Gasteiger charge is -2.10. The number of anilines is 1. The molecule has 1 aromatic heterocycles. The standard InChI is InChI=1S/C24H21N3O4S/c1-2-30-24-17-16-23(25-26-24)18-8-10-19(11-9-18)27-32(28,29)22-14-12-21(13-15-22)31-20-6-4-3-5-7-20/h3-17,27H,2H2,1H3. The van der Waals surface area contributed by atoms with Gasteiger partial charge in [0.05, 0.1) is 17.2 Å². The summed E-state index contributed by atoms with van der Waals surface area (Å²) in [6.07, 6.45) is 0. The number of ether oxygens (including phenoxy) is 2. The molecule has 0 unspecified atom stereocenters. The van der Waals surface area contributed by atoms with E-state index in [9.17, 15) is 8.42 Å². The molecule has 0 saturated carbocycles. The van der Waals surface area contributed by atoms with Gasteiger partial charge in [0, 0.05) is 17.3 Å². The van der Waals surface area contributed by atoms with Gasteiger partial charge in [-0.05, 0) is 61.5 Å². The van der Waals surface area contributed by atoms with E-state index in [4.69, 9.17) is 9.47 Å². The number of nitrogens with zero attached hydrogens (tertiary/aromatic N) is 2. The minimum Gasteiger partial charge on any atom is -0.477 e. The number of rotatable bonds is 8. The molecule has 0 bridgehead atoms. The van der Waals surface area contributed by atoms with Crippen LogP contribution in [0.4, 0.5) is 5.69 Å². The first-order chi connectivity index (χ1) is 15.5. The van der Waals surface area contributed by atoms with E-state index < -0.39 is 10.0 Å². The van der Waals surface area contributed by atoms with Gasteiger partial charge in [-0.3, -0.25) is 4.72 Å². The van der Waals surface area contributed by atoms with Crippen molar-refractivity contribution in [1.82, 2.24) is 10.2 Å². The largest absolute Gasteiger partial charge is 0.477 e. The second-order valence-electron chi connectivity index (χ2n) is 6.76. The molecule has 0 saturated heterocycles. The number of hydrogen-bond acceptors (Lipinski definition) is 6. The smallest absolute Gasteiger partial charge is 0.261 e. The topological polar surface area (TPSA) is 90.4 Å². The first-order valence-electron chi connectivity index (χ1n) is 9.96. The van der Waals surface area contributed by atoms with Crippen molar-refractivity contribution >= 4 is 15.7 Å². The van der Waals surface area contributed by atoms with Gasteiger partial charge in [-0.2, -0.15) is 0 Å². The predicted molar refractivity (Wildman–Crippen MR) is 122 cm³/mol. The van der Waals surface area contributed by atoms with E-state index in [-0.39, 0.29) is 4.90 Å². The molecule has 0 fully saturated rings. The number of aromatic nitrogens is 2. The van der Waals surface area contributed by atoms with Gasteiger partial charge in [0.2, 0.25) is 5.88 Å². The van der Waals surface area contributed by atoms with Crippen LogP contribution in [0.2, 0.25) is 0 Å². The molecule has 0 radical (unpaired) electrons. The van der Waals surface area contributed by atoms with E-state index in [1.54, 1.807) is 48.5 Å². The van der Waals surface area contributed by atoms with Crippen LogP contribution in [0.1, 0.15) is 6.92 Å². The van der Waals surface area contributed by atoms with E-state index >= 15 is 0 Å². The first kappa shape index (κ1) is 21.3. The van der Waals surface area contributed by atoms with E-state index in [1.165, 1.54) is 12.1 Å². The van der Waals surface area contributed by atoms with E-state index in [1.807, 2.05) is 37.3 Å². The molecule has 32 heavy (non-hydrogen) atoms. The summed E-state index contributed by atoms with van der Waals surface area (Å²) in [4.78, 5) is 0.138. The fourth-order valence-electron chi connectivity index (χ4n) is 2.93. The van der Waals surface area contributed by atoms with Gasteiger partial charge in [-0.15, -0.1) is 10.2 Å². The SMILES string of the molecule is CCOc1ccc(-c2ccc(NS(=O)(=O)c3ccc(Oc4ccccc4)cc3)cc2)nn1. The summed E-state index contributed by atoms with van der Waals surface area (Å²) >= 11 is 0. The maximum absolute atomic E-state index is 12.7. The van der Waals surface area contributed by atoms with Crippen molar-refractivity contribution in [1.29, 1.82) is 0 Å². The van der Waals surface area contributed by atoms with Gasteiger partial charge in [-0.25, -0.2) is 8.42 Å². The van der Waals surface area contributed by atoms with Gasteiger partial charge in [0.25, 0.3) is 10.0 Å². The summed E-state index contributed by atoms with van der Waals surface area (Å²) in [6, 6.07) is 26.0. The summed E-state index contributed by atoms with van der Waals surface area (Å²) in [6.45, 7) is 2.40. The molecular weight excluding hydrogens is 426 g/mol. The lowest BCUT2D eigenvalue weighted by molar-refractivity contribution is 0.323. The molecule has 0 aliphatic carbocycles. The molecular formula is C24H21N3O4S. The van der Waals surface area contributed by atoms with Crippen molar-refractivity contribution < 1.29 is 17.9 Å². The quantitative estimate of drug-likeness (QED) is 0.402. The molecule has 162 valence electrons. The molecule has 0 aliphatic rings. The van der Waals surface area contributed by atoms with Crippen molar-refractivity contribution in [3.05, 3.63) is 91.0 Å². The van der Waals surface area contributed by atoms with Crippen molar-refractivity contribution in [2.24, 2.45) is 0 Å². The average molecular weight is 448 g/mol. The van der Waals surface area contributed by atoms with E-state index in [2.05, 4.69) is 14.9 Å². The molecule has 3 aromatic carbocycles. The fraction of sp³-hybridized carbons (Fsp3) is 0.0833. The van der Waals surface area contributed by atoms with Crippen LogP contribution in [0.5, 0.6) is 17.4 Å². The Balaban J connectivity index is 1.43. The number of benzene rings is 3. The Morgan fingerprint density at radius 1 is 0.781 bits per heavy atom. The van der Waals surface area contributed by atoms with Crippen LogP contribution in [0.25, 0.3) is 11.3 Å². The molecule has 0 amide bonds. The number of hydrogen-bond donors (Lipinski definition) is 1. The van der Waals surface area contributed by atoms with Gasteiger partial charge in [-0.1, -0.05) is 30.3 Å². The second kappa shape index (κ2) is 9.49. The van der Waals surface area contributed by atoms with Crippen LogP contribution in [-0.2, 0) is 10.0 Å². The van der Waals surface area contributed by atoms with Crippen LogP contribution < -0.4 is 14.2 Å². The Morgan fingerprint density at radius 3 is 2.09 bits per heavy atom. The highest BCUT2D eigenvalue weighted by molar-refractivity contribution is 7.92. The minimum atomic E-state index is -3.74. The lowest BCUT2D eigenvalue weighted by atomic mass is 10.1. The third kappa shape index (κ3) is 5.22. The minimum absolute atomic E-state index is 0.138. The maximum Gasteiger partial charge on any atom is 0.261 e. The summed E-state index contributed by atoms with van der Waals surface area (Å²) in [7, 11) is -3.74. The molecule has 4 rings (SSSR count). The molecule has 1 heterocycles. The van der Waals surface area contributed by atoms with Crippen LogP contribution in [0, 0.1) is 0 Å². The third-order valence-corrected chi connectivity index (χ3v) is 5.88. The van der Waals surface area contributed by atoms with Crippen LogP contribution in [-0.4, -0.2) is 25.2 Å². The Bertz CT molecular complexity index is 1260. The Morgan fingerprint density at radius 2 is 1.47 bits per heavy atom. The van der Waals surface area contributed by atoms with Crippen molar-refractivity contribution in [2.45, 2.75) is 11.8 Å². The second-order valence-corrected chi connectivity index (χ2v) is 8.44. The summed E-state index contributed by atoms with van der Waals surface area (Å²) in [5.74, 6) is 1.69. The maximum atomic E-state index is 12.7. The summed E-state index contributed by atoms with van der Waals surface area (Å²) < 4.78 is 39.1. The van der Waals surface area contributed by atoms with Crippen molar-refractivity contribution in [2.75, 3.05) is 11.3 Å². The highest BCUT2D eigenvalue weighted by Gasteiger charge is 2.14. The summed E-state index contributed by atoms with van der Waals surface area (Å²) in [5.41, 5.74) is 1.92. The van der Waals surface area contributed by atoms with E-state index in [0.717, 1.165) is 5.56 Å². The zero-order valence-electron chi connectivity index (χ0n) is 17.3. The molecule has 0 aliphatic heterocycles. The normalized spacial score (nSPS) is 11.0. The number of para-hydroxylation sites is 1. The Labute approximate surface area is 186 Å². The zero-order valence-corrected chi connectivity index (χ0v) is 18.1. The first-order valence-corrected chi connectivity index (χ1v) is 11.4. The van der Waals surface area contributed by atoms with Crippen molar-refractivity contribution in [3.63, 3.8) is 0 Å². The molecule has 7 nitrogen and oxygen atoms in total. The average Bonchev–Trinajstić information content (AvgIpc) is 2.81. The van der Waals surface area contributed by atoms with E-state index in [0.29, 0.717) is 35.4 Å². The molecule has 0 spiro atoms. The lowest BCUT2D eigenvalue weighted by Crippen LogP contribution is -2.12. The molecule has 0 atom stereocenters. The highest BCUT2D eigenvalue weighted by Crippen LogP contribution is 2.25. The molecule has 4 aromatic rings. The molecule has 1 N–H and O–H groups in total. The van der Waals surface area contributed by atoms with Gasteiger partial charge in [0.1, 0.15) is 11.5 Å². The highest BCUT2D eigenvalue weighted by atomic mass is 32.2. The molecule has 8 heteroatoms. The Kier molecular flexibility index (Phi) is 6.32. The zero-order chi connectivity index (χ0) is 22.4. The monoisotopic (exact) mass is 447 g/mol. The Hall–Kier alpha value is -3.91. The van der Waals surface area contributed by atoms with Crippen molar-refractivity contribution in [3.8, 4) is 28.6 Å². The van der Waals surface area contributed by atoms with Crippen LogP contribution >= 0.6 is 0 Å². The number of nitrogens with one attached hydrogen (secondary N) is 1. The summed E-state index contributed by atoms with van der Waals surface area (Å²) in [5, 5.41) is 8.14. The van der Waals surface area contributed by atoms with Crippen LogP contribution in [0.3, 0.4) is 0 Å². The van der Waals surface area contributed by atoms with Crippen LogP contribution in [0.15, 0.2) is 95.9 Å². The van der Waals surface area contributed by atoms with Gasteiger partial charge < -0.3 is 9.47 Å². The number of sulfonamides is 1. The third-order valence-electron chi connectivity index (χ3n) is 4.48. The van der Waals surface area contributed by atoms with Gasteiger partial charge >= 0.3 is 0 Å². The fourth-order valence-corrected chi connectivity index (χ4v) is 3.99.